The van der Waals surface area contributed by atoms with Gasteiger partial charge in [0.15, 0.2) is 0 Å². The van der Waals surface area contributed by atoms with Gasteiger partial charge in [-0.2, -0.15) is 0 Å². The predicted octanol–water partition coefficient (Wildman–Crippen LogP) is 2.28. The number of halogens is 1. The number of hydrogen-bond donors (Lipinski definition) is 2. The van der Waals surface area contributed by atoms with Crippen LogP contribution in [0.15, 0.2) is 29.2 Å². The molecule has 2 rings (SSSR count). The first-order chi connectivity index (χ1) is 8.72. The summed E-state index contributed by atoms with van der Waals surface area (Å²) in [6, 6.07) is 7.78. The van der Waals surface area contributed by atoms with Crippen molar-refractivity contribution in [1.29, 1.82) is 0 Å². The molecule has 4 nitrogen and oxygen atoms in total. The van der Waals surface area contributed by atoms with Crippen molar-refractivity contribution in [2.24, 2.45) is 5.73 Å². The quantitative estimate of drug-likeness (QED) is 0.838. The number of benzene rings is 1. The van der Waals surface area contributed by atoms with Gasteiger partial charge in [-0.1, -0.05) is 6.07 Å². The van der Waals surface area contributed by atoms with Gasteiger partial charge >= 0.3 is 0 Å². The Morgan fingerprint density at radius 3 is 2.95 bits per heavy atom. The molecule has 0 saturated carbocycles. The summed E-state index contributed by atoms with van der Waals surface area (Å²) < 4.78 is 5.56. The minimum atomic E-state index is -0.364. The molecule has 1 saturated heterocycles. The van der Waals surface area contributed by atoms with E-state index in [0.717, 1.165) is 23.4 Å². The molecule has 1 amide bonds. The van der Waals surface area contributed by atoms with Crippen LogP contribution in [0.4, 0.5) is 5.69 Å². The van der Waals surface area contributed by atoms with Crippen LogP contribution in [0.1, 0.15) is 12.8 Å². The third-order valence-electron chi connectivity index (χ3n) is 3.00. The fourth-order valence-electron chi connectivity index (χ4n) is 2.00. The zero-order valence-electron chi connectivity index (χ0n) is 10.8. The summed E-state index contributed by atoms with van der Waals surface area (Å²) in [5.41, 5.74) is 6.34. The van der Waals surface area contributed by atoms with Crippen LogP contribution >= 0.6 is 24.2 Å². The van der Waals surface area contributed by atoms with Crippen LogP contribution in [0.3, 0.4) is 0 Å². The molecule has 1 fully saturated rings. The fourth-order valence-corrected chi connectivity index (χ4v) is 2.46. The Bertz CT molecular complexity index is 431. The largest absolute Gasteiger partial charge is 0.364 e. The number of carbonyl (C=O) groups excluding carboxylic acids is 1. The summed E-state index contributed by atoms with van der Waals surface area (Å²) in [7, 11) is 0. The number of hydrogen-bond acceptors (Lipinski definition) is 4. The minimum absolute atomic E-state index is 0. The molecule has 0 aromatic heterocycles. The molecule has 0 bridgehead atoms. The SMILES string of the molecule is CSc1cccc(NC(=O)[C@@H]2CC[C@H](CN)O2)c1.Cl. The van der Waals surface area contributed by atoms with E-state index in [2.05, 4.69) is 5.32 Å². The van der Waals surface area contributed by atoms with E-state index in [1.807, 2.05) is 30.5 Å². The van der Waals surface area contributed by atoms with Gasteiger partial charge in [-0.15, -0.1) is 24.2 Å². The van der Waals surface area contributed by atoms with Gasteiger partial charge in [0.1, 0.15) is 6.10 Å². The number of nitrogens with one attached hydrogen (secondary N) is 1. The van der Waals surface area contributed by atoms with E-state index in [0.29, 0.717) is 6.54 Å². The molecule has 1 aromatic carbocycles. The maximum atomic E-state index is 12.0. The molecule has 0 spiro atoms. The number of anilines is 1. The summed E-state index contributed by atoms with van der Waals surface area (Å²) in [6.07, 6.45) is 3.28. The van der Waals surface area contributed by atoms with E-state index < -0.39 is 0 Å². The first-order valence-corrected chi connectivity index (χ1v) is 7.26. The van der Waals surface area contributed by atoms with Gasteiger partial charge in [-0.05, 0) is 37.3 Å². The molecule has 1 aliphatic rings. The van der Waals surface area contributed by atoms with Gasteiger partial charge < -0.3 is 15.8 Å². The van der Waals surface area contributed by atoms with Crippen molar-refractivity contribution in [3.05, 3.63) is 24.3 Å². The Morgan fingerprint density at radius 2 is 2.32 bits per heavy atom. The lowest BCUT2D eigenvalue weighted by Gasteiger charge is -2.13. The molecular formula is C13H19ClN2O2S. The van der Waals surface area contributed by atoms with Crippen LogP contribution in [-0.4, -0.2) is 30.9 Å². The average molecular weight is 303 g/mol. The molecule has 19 heavy (non-hydrogen) atoms. The number of nitrogens with two attached hydrogens (primary N) is 1. The maximum absolute atomic E-state index is 12.0. The Kier molecular flexibility index (Phi) is 6.65. The van der Waals surface area contributed by atoms with E-state index >= 15 is 0 Å². The highest BCUT2D eigenvalue weighted by atomic mass is 35.5. The predicted molar refractivity (Wildman–Crippen MR) is 81.1 cm³/mol. The number of rotatable bonds is 4. The molecule has 6 heteroatoms. The second-order valence-electron chi connectivity index (χ2n) is 4.28. The third-order valence-corrected chi connectivity index (χ3v) is 3.73. The second-order valence-corrected chi connectivity index (χ2v) is 5.16. The van der Waals surface area contributed by atoms with Gasteiger partial charge in [-0.25, -0.2) is 0 Å². The molecule has 0 radical (unpaired) electrons. The van der Waals surface area contributed by atoms with Gasteiger partial charge in [0.05, 0.1) is 6.10 Å². The van der Waals surface area contributed by atoms with Crippen LogP contribution in [-0.2, 0) is 9.53 Å². The molecule has 1 aliphatic heterocycles. The second kappa shape index (κ2) is 7.75. The highest BCUT2D eigenvalue weighted by Gasteiger charge is 2.29. The van der Waals surface area contributed by atoms with Crippen molar-refractivity contribution in [3.8, 4) is 0 Å². The summed E-state index contributed by atoms with van der Waals surface area (Å²) in [5.74, 6) is -0.0794. The van der Waals surface area contributed by atoms with E-state index in [-0.39, 0.29) is 30.5 Å². The smallest absolute Gasteiger partial charge is 0.253 e. The Hall–Kier alpha value is -0.750. The monoisotopic (exact) mass is 302 g/mol. The summed E-state index contributed by atoms with van der Waals surface area (Å²) >= 11 is 1.65. The lowest BCUT2D eigenvalue weighted by Crippen LogP contribution is -2.29. The standard InChI is InChI=1S/C13H18N2O2S.ClH/c1-18-11-4-2-3-9(7-11)15-13(16)12-6-5-10(8-14)17-12;/h2-4,7,10,12H,5-6,8,14H2,1H3,(H,15,16);1H/t10-,12+;/m1./s1. The molecule has 2 atom stereocenters. The average Bonchev–Trinajstić information content (AvgIpc) is 2.88. The lowest BCUT2D eigenvalue weighted by molar-refractivity contribution is -0.126. The molecule has 106 valence electrons. The van der Waals surface area contributed by atoms with Crippen LogP contribution < -0.4 is 11.1 Å². The Morgan fingerprint density at radius 1 is 1.53 bits per heavy atom. The highest BCUT2D eigenvalue weighted by Crippen LogP contribution is 2.22. The van der Waals surface area contributed by atoms with Crippen molar-refractivity contribution in [2.45, 2.75) is 29.9 Å². The van der Waals surface area contributed by atoms with E-state index in [9.17, 15) is 4.79 Å². The first kappa shape index (κ1) is 16.3. The van der Waals surface area contributed by atoms with E-state index in [1.54, 1.807) is 11.8 Å². The molecular weight excluding hydrogens is 284 g/mol. The van der Waals surface area contributed by atoms with E-state index in [4.69, 9.17) is 10.5 Å². The first-order valence-electron chi connectivity index (χ1n) is 6.03. The topological polar surface area (TPSA) is 64.4 Å². The van der Waals surface area contributed by atoms with Crippen LogP contribution in [0.2, 0.25) is 0 Å². The summed E-state index contributed by atoms with van der Waals surface area (Å²) in [5, 5.41) is 2.89. The molecule has 1 aromatic rings. The van der Waals surface area contributed by atoms with Crippen molar-refractivity contribution in [1.82, 2.24) is 0 Å². The number of amides is 1. The number of ether oxygens (including phenoxy) is 1. The van der Waals surface area contributed by atoms with Gasteiger partial charge in [0.25, 0.3) is 5.91 Å². The van der Waals surface area contributed by atoms with E-state index in [1.165, 1.54) is 0 Å². The number of carbonyl (C=O) groups is 1. The van der Waals surface area contributed by atoms with Crippen molar-refractivity contribution in [3.63, 3.8) is 0 Å². The summed E-state index contributed by atoms with van der Waals surface area (Å²) in [4.78, 5) is 13.1. The molecule has 3 N–H and O–H groups in total. The van der Waals surface area contributed by atoms with Crippen molar-refractivity contribution >= 4 is 35.8 Å². The lowest BCUT2D eigenvalue weighted by atomic mass is 10.2. The van der Waals surface area contributed by atoms with Crippen LogP contribution in [0.25, 0.3) is 0 Å². The zero-order chi connectivity index (χ0) is 13.0. The normalized spacial score (nSPS) is 21.8. The molecule has 0 aliphatic carbocycles. The molecule has 0 unspecified atom stereocenters. The zero-order valence-corrected chi connectivity index (χ0v) is 12.4. The van der Waals surface area contributed by atoms with Gasteiger partial charge in [0, 0.05) is 17.1 Å². The third kappa shape index (κ3) is 4.38. The Balaban J connectivity index is 0.00000180. The Labute approximate surface area is 123 Å². The summed E-state index contributed by atoms with van der Waals surface area (Å²) in [6.45, 7) is 0.478. The number of thioether (sulfide) groups is 1. The van der Waals surface area contributed by atoms with Crippen molar-refractivity contribution in [2.75, 3.05) is 18.1 Å². The van der Waals surface area contributed by atoms with Gasteiger partial charge in [-0.3, -0.25) is 4.79 Å². The maximum Gasteiger partial charge on any atom is 0.253 e. The van der Waals surface area contributed by atoms with Crippen LogP contribution in [0.5, 0.6) is 0 Å². The van der Waals surface area contributed by atoms with Gasteiger partial charge in [0.2, 0.25) is 0 Å². The highest BCUT2D eigenvalue weighted by molar-refractivity contribution is 7.98. The minimum Gasteiger partial charge on any atom is -0.364 e. The van der Waals surface area contributed by atoms with Crippen molar-refractivity contribution < 1.29 is 9.53 Å². The fraction of sp³-hybridized carbons (Fsp3) is 0.462. The molecule has 1 heterocycles. The van der Waals surface area contributed by atoms with Crippen LogP contribution in [0, 0.1) is 0 Å².